The van der Waals surface area contributed by atoms with Crippen molar-refractivity contribution in [1.29, 1.82) is 0 Å². The van der Waals surface area contributed by atoms with Crippen LogP contribution in [0, 0.1) is 6.92 Å². The number of hydrogen-bond donors (Lipinski definition) is 3. The van der Waals surface area contributed by atoms with Crippen LogP contribution in [0.25, 0.3) is 16.9 Å². The fourth-order valence-electron chi connectivity index (χ4n) is 2.86. The molecule has 7 nitrogen and oxygen atoms in total. The van der Waals surface area contributed by atoms with E-state index >= 15 is 0 Å². The molecule has 0 aliphatic carbocycles. The summed E-state index contributed by atoms with van der Waals surface area (Å²) in [5.41, 5.74) is 8.77. The number of primary amides is 1. The van der Waals surface area contributed by atoms with Gasteiger partial charge in [0.05, 0.1) is 11.4 Å². The first-order valence-corrected chi connectivity index (χ1v) is 10.4. The zero-order chi connectivity index (χ0) is 23.2. The largest absolute Gasteiger partial charge is 0.373 e. The number of aromatic nitrogens is 2. The van der Waals surface area contributed by atoms with Crippen LogP contribution >= 0.6 is 0 Å². The van der Waals surface area contributed by atoms with Crippen molar-refractivity contribution < 1.29 is 9.59 Å². The minimum atomic E-state index is -0.0588. The van der Waals surface area contributed by atoms with Crippen LogP contribution in [0.4, 0.5) is 5.82 Å². The van der Waals surface area contributed by atoms with Crippen LogP contribution in [0.1, 0.15) is 43.1 Å². The Bertz CT molecular complexity index is 935. The second-order valence-electron chi connectivity index (χ2n) is 6.60. The van der Waals surface area contributed by atoms with Crippen molar-refractivity contribution in [2.24, 2.45) is 5.73 Å². The smallest absolute Gasteiger partial charge is 0.251 e. The lowest BCUT2D eigenvalue weighted by Gasteiger charge is -2.06. The number of anilines is 1. The van der Waals surface area contributed by atoms with E-state index in [1.54, 1.807) is 0 Å². The van der Waals surface area contributed by atoms with Gasteiger partial charge in [0.1, 0.15) is 5.82 Å². The highest BCUT2D eigenvalue weighted by atomic mass is 16.1. The number of hydrogen-bond acceptors (Lipinski definition) is 4. The third kappa shape index (κ3) is 6.99. The van der Waals surface area contributed by atoms with Crippen molar-refractivity contribution >= 4 is 18.1 Å². The van der Waals surface area contributed by atoms with E-state index in [0.29, 0.717) is 12.1 Å². The van der Waals surface area contributed by atoms with Gasteiger partial charge in [-0.25, -0.2) is 4.68 Å². The van der Waals surface area contributed by atoms with Crippen molar-refractivity contribution in [3.05, 3.63) is 65.7 Å². The lowest BCUT2D eigenvalue weighted by Crippen LogP contribution is -2.22. The van der Waals surface area contributed by atoms with Crippen molar-refractivity contribution in [3.8, 4) is 16.9 Å². The summed E-state index contributed by atoms with van der Waals surface area (Å²) >= 11 is 0. The Morgan fingerprint density at radius 2 is 1.61 bits per heavy atom. The van der Waals surface area contributed by atoms with E-state index < -0.39 is 0 Å². The molecule has 0 saturated heterocycles. The summed E-state index contributed by atoms with van der Waals surface area (Å²) in [6.07, 6.45) is 1.50. The summed E-state index contributed by atoms with van der Waals surface area (Å²) in [5.74, 6) is 0.894. The predicted molar refractivity (Wildman–Crippen MR) is 128 cm³/mol. The first-order chi connectivity index (χ1) is 15.0. The van der Waals surface area contributed by atoms with Crippen LogP contribution in [0.5, 0.6) is 0 Å². The molecular formula is C24H33N5O2. The molecule has 0 spiro atoms. The first-order valence-electron chi connectivity index (χ1n) is 10.4. The Hall–Kier alpha value is -3.61. The van der Waals surface area contributed by atoms with Gasteiger partial charge in [0.15, 0.2) is 0 Å². The number of amides is 2. The number of rotatable bonds is 5. The molecule has 0 atom stereocenters. The molecule has 0 fully saturated rings. The Morgan fingerprint density at radius 1 is 1.06 bits per heavy atom. The highest BCUT2D eigenvalue weighted by Crippen LogP contribution is 2.30. The molecule has 0 unspecified atom stereocenters. The summed E-state index contributed by atoms with van der Waals surface area (Å²) in [6.45, 7) is 8.82. The molecule has 0 aliphatic heterocycles. The number of carbonyl (C=O) groups excluding carboxylic acids is 2. The maximum atomic E-state index is 11.9. The lowest BCUT2D eigenvalue weighted by molar-refractivity contribution is -0.106. The van der Waals surface area contributed by atoms with Gasteiger partial charge in [-0.05, 0) is 38.1 Å². The van der Waals surface area contributed by atoms with Gasteiger partial charge in [0, 0.05) is 30.3 Å². The zero-order valence-corrected chi connectivity index (χ0v) is 19.0. The summed E-state index contributed by atoms with van der Waals surface area (Å²) in [7, 11) is 1.89. The number of nitrogens with two attached hydrogens (primary N) is 1. The van der Waals surface area contributed by atoms with E-state index in [9.17, 15) is 4.79 Å². The van der Waals surface area contributed by atoms with Gasteiger partial charge < -0.3 is 16.4 Å². The quantitative estimate of drug-likeness (QED) is 0.536. The molecule has 0 saturated carbocycles. The van der Waals surface area contributed by atoms with Crippen LogP contribution in [0.15, 0.2) is 54.6 Å². The van der Waals surface area contributed by atoms with Crippen LogP contribution in [0.3, 0.4) is 0 Å². The highest BCUT2D eigenvalue weighted by Gasteiger charge is 2.16. The zero-order valence-electron chi connectivity index (χ0n) is 19.0. The van der Waals surface area contributed by atoms with E-state index in [4.69, 9.17) is 9.89 Å². The van der Waals surface area contributed by atoms with E-state index in [1.807, 2.05) is 80.2 Å². The second kappa shape index (κ2) is 13.6. The van der Waals surface area contributed by atoms with Crippen LogP contribution in [0.2, 0.25) is 0 Å². The van der Waals surface area contributed by atoms with Crippen molar-refractivity contribution in [3.63, 3.8) is 0 Å². The molecule has 7 heteroatoms. The maximum Gasteiger partial charge on any atom is 0.251 e. The van der Waals surface area contributed by atoms with Crippen molar-refractivity contribution in [1.82, 2.24) is 15.1 Å². The highest BCUT2D eigenvalue weighted by molar-refractivity contribution is 5.94. The molecule has 31 heavy (non-hydrogen) atoms. The predicted octanol–water partition coefficient (Wildman–Crippen LogP) is 4.16. The molecule has 1 heterocycles. The number of carbonyl (C=O) groups is 2. The second-order valence-corrected chi connectivity index (χ2v) is 6.60. The summed E-state index contributed by atoms with van der Waals surface area (Å²) in [6, 6.07) is 17.6. The third-order valence-electron chi connectivity index (χ3n) is 4.12. The monoisotopic (exact) mass is 423 g/mol. The van der Waals surface area contributed by atoms with Gasteiger partial charge in [-0.1, -0.05) is 50.6 Å². The van der Waals surface area contributed by atoms with Crippen molar-refractivity contribution in [2.45, 2.75) is 34.1 Å². The van der Waals surface area contributed by atoms with E-state index in [0.717, 1.165) is 28.3 Å². The van der Waals surface area contributed by atoms with Crippen LogP contribution in [-0.4, -0.2) is 35.7 Å². The molecule has 3 aromatic rings. The molecule has 0 aliphatic rings. The molecule has 1 aromatic heterocycles. The third-order valence-corrected chi connectivity index (χ3v) is 4.12. The van der Waals surface area contributed by atoms with E-state index in [2.05, 4.69) is 30.2 Å². The van der Waals surface area contributed by atoms with Gasteiger partial charge in [0.25, 0.3) is 5.91 Å². The first kappa shape index (κ1) is 25.4. The van der Waals surface area contributed by atoms with Gasteiger partial charge in [-0.15, -0.1) is 0 Å². The Labute approximate surface area is 184 Å². The molecule has 2 amide bonds. The molecule has 0 bridgehead atoms. The lowest BCUT2D eigenvalue weighted by atomic mass is 10.1. The average Bonchev–Trinajstić information content (AvgIpc) is 3.12. The topological polar surface area (TPSA) is 102 Å². The molecule has 2 aromatic carbocycles. The molecule has 166 valence electrons. The molecular weight excluding hydrogens is 390 g/mol. The number of para-hydroxylation sites is 1. The Morgan fingerprint density at radius 3 is 2.10 bits per heavy atom. The van der Waals surface area contributed by atoms with Gasteiger partial charge in [-0.2, -0.15) is 5.10 Å². The van der Waals surface area contributed by atoms with Gasteiger partial charge >= 0.3 is 0 Å². The SMILES string of the molecule is CCC.CCNC(=O)c1ccc(-c2nn(-c3ccccc3)c(NC)c2C)cc1.NC=O. The summed E-state index contributed by atoms with van der Waals surface area (Å²) in [5, 5.41) is 10.8. The molecule has 0 radical (unpaired) electrons. The van der Waals surface area contributed by atoms with E-state index in [-0.39, 0.29) is 12.3 Å². The van der Waals surface area contributed by atoms with Crippen molar-refractivity contribution in [2.75, 3.05) is 18.9 Å². The average molecular weight is 424 g/mol. The van der Waals surface area contributed by atoms with Crippen LogP contribution < -0.4 is 16.4 Å². The van der Waals surface area contributed by atoms with Crippen LogP contribution in [-0.2, 0) is 4.79 Å². The number of benzene rings is 2. The fraction of sp³-hybridized carbons (Fsp3) is 0.292. The fourth-order valence-corrected chi connectivity index (χ4v) is 2.86. The Kier molecular flexibility index (Phi) is 11.1. The standard InChI is InChI=1S/C20H22N4O.C3H8.CH3NO/c1-4-22-20(25)16-12-10-15(11-13-16)18-14(2)19(21-3)24(23-18)17-8-6-5-7-9-17;1-3-2;2-1-3/h5-13,21H,4H2,1-3H3,(H,22,25);3H2,1-2H3;1H,(H2,2,3). The summed E-state index contributed by atoms with van der Waals surface area (Å²) < 4.78 is 1.91. The minimum absolute atomic E-state index is 0.0588. The molecule has 4 N–H and O–H groups in total. The number of nitrogens with one attached hydrogen (secondary N) is 2. The maximum absolute atomic E-state index is 11.9. The normalized spacial score (nSPS) is 9.45. The molecule has 3 rings (SSSR count). The van der Waals surface area contributed by atoms with Gasteiger partial charge in [-0.3, -0.25) is 9.59 Å². The number of nitrogens with zero attached hydrogens (tertiary/aromatic N) is 2. The summed E-state index contributed by atoms with van der Waals surface area (Å²) in [4.78, 5) is 20.5. The Balaban J connectivity index is 0.000000720. The van der Waals surface area contributed by atoms with E-state index in [1.165, 1.54) is 6.42 Å². The minimum Gasteiger partial charge on any atom is -0.373 e. The van der Waals surface area contributed by atoms with Gasteiger partial charge in [0.2, 0.25) is 6.41 Å².